The molecule has 0 bridgehead atoms. The van der Waals surface area contributed by atoms with Gasteiger partial charge in [-0.25, -0.2) is 0 Å². The molecule has 1 aromatic rings. The van der Waals surface area contributed by atoms with Gasteiger partial charge in [-0.3, -0.25) is 0 Å². The molecule has 0 spiro atoms. The first-order valence-corrected chi connectivity index (χ1v) is 5.91. The highest BCUT2D eigenvalue weighted by Crippen LogP contribution is 2.14. The Hall–Kier alpha value is -0.380. The Balaban J connectivity index is 2.25. The molecule has 0 saturated heterocycles. The zero-order chi connectivity index (χ0) is 10.6. The third-order valence-electron chi connectivity index (χ3n) is 2.38. The number of rotatable bonds is 5. The normalized spacial score (nSPS) is 13.5. The molecule has 1 heterocycles. The van der Waals surface area contributed by atoms with Gasteiger partial charge in [0, 0.05) is 18.0 Å². The van der Waals surface area contributed by atoms with Gasteiger partial charge in [0.2, 0.25) is 0 Å². The fourth-order valence-electron chi connectivity index (χ4n) is 1.15. The lowest BCUT2D eigenvalue weighted by Gasteiger charge is -2.14. The van der Waals surface area contributed by atoms with E-state index >= 15 is 0 Å². The van der Waals surface area contributed by atoms with Crippen LogP contribution in [-0.4, -0.2) is 17.8 Å². The lowest BCUT2D eigenvalue weighted by atomic mass is 10.1. The van der Waals surface area contributed by atoms with E-state index in [2.05, 4.69) is 23.7 Å². The number of aliphatic hydroxyl groups is 1. The van der Waals surface area contributed by atoms with E-state index in [9.17, 15) is 5.11 Å². The second-order valence-electron chi connectivity index (χ2n) is 3.97. The highest BCUT2D eigenvalue weighted by atomic mass is 32.1. The maximum absolute atomic E-state index is 9.57. The zero-order valence-corrected chi connectivity index (χ0v) is 9.90. The number of aliphatic hydroxyl groups excluding tert-OH is 1. The maximum atomic E-state index is 9.57. The van der Waals surface area contributed by atoms with E-state index in [-0.39, 0.29) is 6.10 Å². The molecule has 0 aromatic carbocycles. The molecule has 0 radical (unpaired) electrons. The SMILES string of the molecule is Cc1ccsc1CNCC(O)C(C)C. The van der Waals surface area contributed by atoms with Gasteiger partial charge < -0.3 is 10.4 Å². The Morgan fingerprint density at radius 2 is 2.21 bits per heavy atom. The smallest absolute Gasteiger partial charge is 0.0687 e. The highest BCUT2D eigenvalue weighted by molar-refractivity contribution is 7.10. The first kappa shape index (κ1) is 11.7. The Morgan fingerprint density at radius 1 is 1.50 bits per heavy atom. The van der Waals surface area contributed by atoms with E-state index in [1.807, 2.05) is 13.8 Å². The summed E-state index contributed by atoms with van der Waals surface area (Å²) < 4.78 is 0. The van der Waals surface area contributed by atoms with Crippen molar-refractivity contribution in [3.05, 3.63) is 21.9 Å². The summed E-state index contributed by atoms with van der Waals surface area (Å²) >= 11 is 1.77. The molecule has 14 heavy (non-hydrogen) atoms. The van der Waals surface area contributed by atoms with Gasteiger partial charge in [0.25, 0.3) is 0 Å². The van der Waals surface area contributed by atoms with Crippen molar-refractivity contribution in [2.45, 2.75) is 33.4 Å². The minimum absolute atomic E-state index is 0.240. The van der Waals surface area contributed by atoms with Crippen LogP contribution in [0.25, 0.3) is 0 Å². The number of aryl methyl sites for hydroxylation is 1. The molecule has 3 heteroatoms. The van der Waals surface area contributed by atoms with Crippen molar-refractivity contribution in [2.75, 3.05) is 6.54 Å². The summed E-state index contributed by atoms with van der Waals surface area (Å²) in [5, 5.41) is 14.9. The Kier molecular flexibility index (Phi) is 4.58. The van der Waals surface area contributed by atoms with Gasteiger partial charge in [0.15, 0.2) is 0 Å². The van der Waals surface area contributed by atoms with Crippen LogP contribution in [0.1, 0.15) is 24.3 Å². The largest absolute Gasteiger partial charge is 0.392 e. The zero-order valence-electron chi connectivity index (χ0n) is 9.08. The van der Waals surface area contributed by atoms with E-state index in [1.54, 1.807) is 11.3 Å². The van der Waals surface area contributed by atoms with Gasteiger partial charge in [0.05, 0.1) is 6.10 Å². The molecule has 2 N–H and O–H groups in total. The second kappa shape index (κ2) is 5.49. The van der Waals surface area contributed by atoms with Crippen LogP contribution in [0.4, 0.5) is 0 Å². The van der Waals surface area contributed by atoms with E-state index in [1.165, 1.54) is 10.4 Å². The van der Waals surface area contributed by atoms with E-state index in [0.29, 0.717) is 12.5 Å². The first-order valence-electron chi connectivity index (χ1n) is 5.03. The van der Waals surface area contributed by atoms with E-state index in [4.69, 9.17) is 0 Å². The Bertz CT molecular complexity index is 270. The molecule has 0 aliphatic rings. The monoisotopic (exact) mass is 213 g/mol. The van der Waals surface area contributed by atoms with Crippen LogP contribution in [0.15, 0.2) is 11.4 Å². The molecule has 0 aliphatic carbocycles. The van der Waals surface area contributed by atoms with Crippen molar-refractivity contribution in [3.8, 4) is 0 Å². The predicted molar refractivity (Wildman–Crippen MR) is 61.6 cm³/mol. The van der Waals surface area contributed by atoms with Crippen LogP contribution >= 0.6 is 11.3 Å². The third kappa shape index (κ3) is 3.40. The molecule has 0 saturated carbocycles. The van der Waals surface area contributed by atoms with Gasteiger partial charge in [-0.2, -0.15) is 0 Å². The maximum Gasteiger partial charge on any atom is 0.0687 e. The van der Waals surface area contributed by atoms with Crippen LogP contribution in [0.3, 0.4) is 0 Å². The quantitative estimate of drug-likeness (QED) is 0.785. The van der Waals surface area contributed by atoms with Gasteiger partial charge in [-0.1, -0.05) is 13.8 Å². The minimum Gasteiger partial charge on any atom is -0.392 e. The van der Waals surface area contributed by atoms with Gasteiger partial charge in [-0.15, -0.1) is 11.3 Å². The molecule has 1 aromatic heterocycles. The average Bonchev–Trinajstić information content (AvgIpc) is 2.51. The summed E-state index contributed by atoms with van der Waals surface area (Å²) in [7, 11) is 0. The molecular formula is C11H19NOS. The number of hydrogen-bond acceptors (Lipinski definition) is 3. The molecule has 80 valence electrons. The van der Waals surface area contributed by atoms with Crippen LogP contribution in [0, 0.1) is 12.8 Å². The summed E-state index contributed by atoms with van der Waals surface area (Å²) in [4.78, 5) is 1.36. The molecule has 0 aliphatic heterocycles. The van der Waals surface area contributed by atoms with Crippen molar-refractivity contribution in [3.63, 3.8) is 0 Å². The fourth-order valence-corrected chi connectivity index (χ4v) is 2.03. The predicted octanol–water partition coefficient (Wildman–Crippen LogP) is 2.16. The second-order valence-corrected chi connectivity index (χ2v) is 4.97. The topological polar surface area (TPSA) is 32.3 Å². The molecule has 1 atom stereocenters. The fraction of sp³-hybridized carbons (Fsp3) is 0.636. The number of hydrogen-bond donors (Lipinski definition) is 2. The van der Waals surface area contributed by atoms with Crippen molar-refractivity contribution in [2.24, 2.45) is 5.92 Å². The summed E-state index contributed by atoms with van der Waals surface area (Å²) in [6, 6.07) is 2.13. The molecule has 1 unspecified atom stereocenters. The summed E-state index contributed by atoms with van der Waals surface area (Å²) in [6.45, 7) is 7.72. The summed E-state index contributed by atoms with van der Waals surface area (Å²) in [5.41, 5.74) is 1.33. The van der Waals surface area contributed by atoms with Crippen LogP contribution < -0.4 is 5.32 Å². The Labute approximate surface area is 90.0 Å². The molecular weight excluding hydrogens is 194 g/mol. The van der Waals surface area contributed by atoms with Gasteiger partial charge >= 0.3 is 0 Å². The molecule has 0 amide bonds. The lowest BCUT2D eigenvalue weighted by Crippen LogP contribution is -2.30. The van der Waals surface area contributed by atoms with Gasteiger partial charge in [0.1, 0.15) is 0 Å². The third-order valence-corrected chi connectivity index (χ3v) is 3.40. The van der Waals surface area contributed by atoms with Crippen LogP contribution in [-0.2, 0) is 6.54 Å². The van der Waals surface area contributed by atoms with Gasteiger partial charge in [-0.05, 0) is 29.9 Å². The summed E-state index contributed by atoms with van der Waals surface area (Å²) in [5.74, 6) is 0.326. The highest BCUT2D eigenvalue weighted by Gasteiger charge is 2.08. The number of thiophene rings is 1. The molecule has 1 rings (SSSR count). The summed E-state index contributed by atoms with van der Waals surface area (Å²) in [6.07, 6.45) is -0.240. The first-order chi connectivity index (χ1) is 6.61. The van der Waals surface area contributed by atoms with Crippen LogP contribution in [0.5, 0.6) is 0 Å². The minimum atomic E-state index is -0.240. The Morgan fingerprint density at radius 3 is 2.71 bits per heavy atom. The lowest BCUT2D eigenvalue weighted by molar-refractivity contribution is 0.123. The van der Waals surface area contributed by atoms with E-state index < -0.39 is 0 Å². The molecule has 2 nitrogen and oxygen atoms in total. The van der Waals surface area contributed by atoms with Crippen molar-refractivity contribution in [1.82, 2.24) is 5.32 Å². The standard InChI is InChI=1S/C11H19NOS/c1-8(2)10(13)6-12-7-11-9(3)4-5-14-11/h4-5,8,10,12-13H,6-7H2,1-3H3. The van der Waals surface area contributed by atoms with Crippen molar-refractivity contribution in [1.29, 1.82) is 0 Å². The van der Waals surface area contributed by atoms with Crippen molar-refractivity contribution < 1.29 is 5.11 Å². The molecule has 0 fully saturated rings. The number of nitrogens with one attached hydrogen (secondary N) is 1. The van der Waals surface area contributed by atoms with Crippen LogP contribution in [0.2, 0.25) is 0 Å². The average molecular weight is 213 g/mol. The van der Waals surface area contributed by atoms with E-state index in [0.717, 1.165) is 6.54 Å². The van der Waals surface area contributed by atoms with Crippen molar-refractivity contribution >= 4 is 11.3 Å².